The van der Waals surface area contributed by atoms with Crippen LogP contribution in [0.4, 0.5) is 4.39 Å². The minimum atomic E-state index is -0.620. The fourth-order valence-electron chi connectivity index (χ4n) is 2.18. The summed E-state index contributed by atoms with van der Waals surface area (Å²) in [6.07, 6.45) is -0.226. The molecule has 0 aliphatic carbocycles. The summed E-state index contributed by atoms with van der Waals surface area (Å²) in [4.78, 5) is 0.905. The van der Waals surface area contributed by atoms with Gasteiger partial charge in [0.15, 0.2) is 0 Å². The van der Waals surface area contributed by atoms with Crippen LogP contribution < -0.4 is 0 Å². The molecule has 4 heteroatoms. The van der Waals surface area contributed by atoms with Crippen molar-refractivity contribution in [3.8, 4) is 0 Å². The van der Waals surface area contributed by atoms with Gasteiger partial charge in [-0.05, 0) is 41.3 Å². The highest BCUT2D eigenvalue weighted by Crippen LogP contribution is 2.32. The number of hydrogen-bond acceptors (Lipinski definition) is 2. The smallest absolute Gasteiger partial charge is 0.123 e. The minimum absolute atomic E-state index is 0.285. The molecule has 0 spiro atoms. The molecule has 1 N–H and O–H groups in total. The average molecular weight is 351 g/mol. The average Bonchev–Trinajstić information content (AvgIpc) is 2.87. The van der Waals surface area contributed by atoms with E-state index in [0.29, 0.717) is 6.42 Å². The summed E-state index contributed by atoms with van der Waals surface area (Å²) in [6.45, 7) is 0. The Morgan fingerprint density at radius 1 is 1.15 bits per heavy atom. The third-order valence-corrected chi connectivity index (χ3v) is 5.18. The van der Waals surface area contributed by atoms with Crippen LogP contribution in [-0.4, -0.2) is 5.11 Å². The van der Waals surface area contributed by atoms with E-state index in [9.17, 15) is 9.50 Å². The van der Waals surface area contributed by atoms with Crippen molar-refractivity contribution in [3.05, 3.63) is 69.3 Å². The summed E-state index contributed by atoms with van der Waals surface area (Å²) in [7, 11) is 0. The molecule has 1 aromatic heterocycles. The zero-order valence-corrected chi connectivity index (χ0v) is 12.9. The Balaban J connectivity index is 1.88. The molecule has 1 nitrogen and oxygen atoms in total. The van der Waals surface area contributed by atoms with Crippen LogP contribution in [-0.2, 0) is 6.42 Å². The van der Waals surface area contributed by atoms with E-state index < -0.39 is 6.10 Å². The van der Waals surface area contributed by atoms with Gasteiger partial charge < -0.3 is 5.11 Å². The van der Waals surface area contributed by atoms with Crippen molar-refractivity contribution in [3.63, 3.8) is 0 Å². The largest absolute Gasteiger partial charge is 0.387 e. The lowest BCUT2D eigenvalue weighted by atomic mass is 10.1. The van der Waals surface area contributed by atoms with Crippen molar-refractivity contribution in [1.82, 2.24) is 0 Å². The highest BCUT2D eigenvalue weighted by atomic mass is 79.9. The van der Waals surface area contributed by atoms with E-state index in [-0.39, 0.29) is 5.82 Å². The Morgan fingerprint density at radius 3 is 2.75 bits per heavy atom. The predicted molar refractivity (Wildman–Crippen MR) is 84.6 cm³/mol. The number of rotatable bonds is 3. The Hall–Kier alpha value is -1.23. The normalized spacial score (nSPS) is 12.8. The van der Waals surface area contributed by atoms with Gasteiger partial charge in [-0.1, -0.05) is 34.1 Å². The van der Waals surface area contributed by atoms with E-state index in [2.05, 4.69) is 15.9 Å². The van der Waals surface area contributed by atoms with Crippen molar-refractivity contribution in [2.45, 2.75) is 12.5 Å². The van der Waals surface area contributed by atoms with Crippen LogP contribution in [0.1, 0.15) is 16.5 Å². The second-order valence-electron chi connectivity index (χ2n) is 4.64. The van der Waals surface area contributed by atoms with E-state index in [4.69, 9.17) is 0 Å². The van der Waals surface area contributed by atoms with Gasteiger partial charge in [0, 0.05) is 20.5 Å². The molecule has 3 aromatic rings. The summed E-state index contributed by atoms with van der Waals surface area (Å²) in [5.74, 6) is -0.285. The lowest BCUT2D eigenvalue weighted by Gasteiger charge is -2.10. The molecule has 2 aromatic carbocycles. The highest BCUT2D eigenvalue weighted by Gasteiger charge is 2.14. The maximum Gasteiger partial charge on any atom is 0.123 e. The van der Waals surface area contributed by atoms with Crippen molar-refractivity contribution in [2.75, 3.05) is 0 Å². The van der Waals surface area contributed by atoms with E-state index in [1.807, 2.05) is 30.3 Å². The topological polar surface area (TPSA) is 20.2 Å². The standard InChI is InChI=1S/C16H12BrFOS/c17-13-6-5-12(18)7-11(13)8-14(19)16-9-10-3-1-2-4-15(10)20-16/h1-7,9,14,19H,8H2. The fraction of sp³-hybridized carbons (Fsp3) is 0.125. The van der Waals surface area contributed by atoms with Gasteiger partial charge in [0.25, 0.3) is 0 Å². The molecule has 0 radical (unpaired) electrons. The van der Waals surface area contributed by atoms with E-state index in [1.165, 1.54) is 12.1 Å². The monoisotopic (exact) mass is 350 g/mol. The zero-order valence-electron chi connectivity index (χ0n) is 10.5. The van der Waals surface area contributed by atoms with Crippen molar-refractivity contribution >= 4 is 37.4 Å². The number of halogens is 2. The number of aliphatic hydroxyl groups excluding tert-OH is 1. The SMILES string of the molecule is OC(Cc1cc(F)ccc1Br)c1cc2ccccc2s1. The third kappa shape index (κ3) is 2.77. The molecule has 1 heterocycles. The van der Waals surface area contributed by atoms with Crippen LogP contribution in [0.25, 0.3) is 10.1 Å². The summed E-state index contributed by atoms with van der Waals surface area (Å²) in [5, 5.41) is 11.5. The molecule has 0 amide bonds. The van der Waals surface area contributed by atoms with E-state index >= 15 is 0 Å². The molecule has 0 saturated carbocycles. The van der Waals surface area contributed by atoms with Gasteiger partial charge in [0.05, 0.1) is 6.10 Å². The Kier molecular flexibility index (Phi) is 3.87. The first kappa shape index (κ1) is 13.7. The molecule has 20 heavy (non-hydrogen) atoms. The van der Waals surface area contributed by atoms with Crippen LogP contribution in [0, 0.1) is 5.82 Å². The van der Waals surface area contributed by atoms with Gasteiger partial charge in [-0.2, -0.15) is 0 Å². The molecule has 0 aliphatic rings. The van der Waals surface area contributed by atoms with Gasteiger partial charge in [0.1, 0.15) is 5.82 Å². The lowest BCUT2D eigenvalue weighted by molar-refractivity contribution is 0.182. The fourth-order valence-corrected chi connectivity index (χ4v) is 3.63. The zero-order chi connectivity index (χ0) is 14.1. The molecule has 0 fully saturated rings. The molecular weight excluding hydrogens is 339 g/mol. The van der Waals surface area contributed by atoms with Gasteiger partial charge in [0.2, 0.25) is 0 Å². The second kappa shape index (κ2) is 5.64. The van der Waals surface area contributed by atoms with Crippen molar-refractivity contribution < 1.29 is 9.50 Å². The molecule has 0 saturated heterocycles. The first-order valence-electron chi connectivity index (χ1n) is 6.24. The van der Waals surface area contributed by atoms with Gasteiger partial charge in [-0.3, -0.25) is 0 Å². The molecule has 0 aliphatic heterocycles. The van der Waals surface area contributed by atoms with Gasteiger partial charge in [-0.15, -0.1) is 11.3 Å². The lowest BCUT2D eigenvalue weighted by Crippen LogP contribution is -2.00. The molecule has 0 bridgehead atoms. The molecule has 3 rings (SSSR count). The third-order valence-electron chi connectivity index (χ3n) is 3.19. The molecule has 1 unspecified atom stereocenters. The van der Waals surface area contributed by atoms with Crippen molar-refractivity contribution in [1.29, 1.82) is 0 Å². The first-order chi connectivity index (χ1) is 9.63. The Bertz CT molecular complexity index is 720. The maximum absolute atomic E-state index is 13.3. The maximum atomic E-state index is 13.3. The first-order valence-corrected chi connectivity index (χ1v) is 7.85. The van der Waals surface area contributed by atoms with Crippen molar-refractivity contribution in [2.24, 2.45) is 0 Å². The number of benzene rings is 2. The number of hydrogen-bond donors (Lipinski definition) is 1. The molecule has 102 valence electrons. The number of fused-ring (bicyclic) bond motifs is 1. The summed E-state index contributed by atoms with van der Waals surface area (Å²) in [5.41, 5.74) is 0.773. The van der Waals surface area contributed by atoms with E-state index in [1.54, 1.807) is 17.4 Å². The molecular formula is C16H12BrFOS. The predicted octanol–water partition coefficient (Wildman–Crippen LogP) is 5.08. The number of aliphatic hydroxyl groups is 1. The number of thiophene rings is 1. The van der Waals surface area contributed by atoms with Gasteiger partial charge >= 0.3 is 0 Å². The van der Waals surface area contributed by atoms with Gasteiger partial charge in [-0.25, -0.2) is 4.39 Å². The second-order valence-corrected chi connectivity index (χ2v) is 6.61. The highest BCUT2D eigenvalue weighted by molar-refractivity contribution is 9.10. The summed E-state index contributed by atoms with van der Waals surface area (Å²) >= 11 is 4.97. The van der Waals surface area contributed by atoms with E-state index in [0.717, 1.165) is 25.0 Å². The summed E-state index contributed by atoms with van der Waals surface area (Å²) in [6, 6.07) is 14.6. The Labute approximate surface area is 128 Å². The van der Waals surface area contributed by atoms with Crippen LogP contribution in [0.5, 0.6) is 0 Å². The van der Waals surface area contributed by atoms with Crippen LogP contribution in [0.15, 0.2) is 53.0 Å². The quantitative estimate of drug-likeness (QED) is 0.698. The van der Waals surface area contributed by atoms with Crippen LogP contribution in [0.3, 0.4) is 0 Å². The van der Waals surface area contributed by atoms with Crippen LogP contribution >= 0.6 is 27.3 Å². The molecule has 1 atom stereocenters. The summed E-state index contributed by atoms with van der Waals surface area (Å²) < 4.78 is 15.2. The van der Waals surface area contributed by atoms with Crippen LogP contribution in [0.2, 0.25) is 0 Å². The Morgan fingerprint density at radius 2 is 1.95 bits per heavy atom. The minimum Gasteiger partial charge on any atom is -0.387 e.